The first-order chi connectivity index (χ1) is 14.4. The minimum Gasteiger partial charge on any atom is -0.369 e. The van der Waals surface area contributed by atoms with Gasteiger partial charge in [-0.1, -0.05) is 41.7 Å². The maximum absolute atomic E-state index is 12.6. The van der Waals surface area contributed by atoms with E-state index in [-0.39, 0.29) is 23.5 Å². The molecule has 7 nitrogen and oxygen atoms in total. The van der Waals surface area contributed by atoms with Gasteiger partial charge in [-0.25, -0.2) is 4.98 Å². The lowest BCUT2D eigenvalue weighted by Gasteiger charge is -2.30. The molecule has 0 radical (unpaired) electrons. The summed E-state index contributed by atoms with van der Waals surface area (Å²) in [6, 6.07) is 9.68. The van der Waals surface area contributed by atoms with Crippen LogP contribution in [0.5, 0.6) is 0 Å². The molecule has 0 atom stereocenters. The SMILES string of the molecule is Cc1nc(NC(=O)C2CCN(C(=O)/C=C/c3ccccc3)CC2)sc1SCC(N)=O. The Morgan fingerprint density at radius 1 is 1.27 bits per heavy atom. The van der Waals surface area contributed by atoms with E-state index in [1.54, 1.807) is 17.1 Å². The molecule has 0 bridgehead atoms. The number of aromatic nitrogens is 1. The van der Waals surface area contributed by atoms with Crippen molar-refractivity contribution in [3.63, 3.8) is 0 Å². The van der Waals surface area contributed by atoms with Crippen molar-refractivity contribution in [2.24, 2.45) is 11.7 Å². The predicted octanol–water partition coefficient (Wildman–Crippen LogP) is 2.92. The number of nitrogens with zero attached hydrogens (tertiary/aromatic N) is 2. The first-order valence-corrected chi connectivity index (χ1v) is 11.4. The van der Waals surface area contributed by atoms with E-state index in [9.17, 15) is 14.4 Å². The maximum atomic E-state index is 12.6. The van der Waals surface area contributed by atoms with Crippen LogP contribution in [-0.4, -0.2) is 46.4 Å². The first kappa shape index (κ1) is 22.0. The molecule has 0 saturated carbocycles. The molecule has 0 spiro atoms. The Bertz CT molecular complexity index is 935. The van der Waals surface area contributed by atoms with E-state index >= 15 is 0 Å². The second-order valence-corrected chi connectivity index (χ2v) is 9.22. The fourth-order valence-corrected chi connectivity index (χ4v) is 4.99. The third-order valence-electron chi connectivity index (χ3n) is 4.73. The molecule has 2 aromatic rings. The number of piperidine rings is 1. The van der Waals surface area contributed by atoms with Gasteiger partial charge in [0, 0.05) is 25.1 Å². The van der Waals surface area contributed by atoms with Gasteiger partial charge in [0.15, 0.2) is 5.13 Å². The lowest BCUT2D eigenvalue weighted by molar-refractivity contribution is -0.130. The quantitative estimate of drug-likeness (QED) is 0.505. The summed E-state index contributed by atoms with van der Waals surface area (Å²) >= 11 is 2.67. The van der Waals surface area contributed by atoms with E-state index in [2.05, 4.69) is 10.3 Å². The minimum atomic E-state index is -0.390. The fraction of sp³-hybridized carbons (Fsp3) is 0.333. The molecule has 9 heteroatoms. The van der Waals surface area contributed by atoms with E-state index in [0.29, 0.717) is 31.1 Å². The van der Waals surface area contributed by atoms with Crippen LogP contribution in [0, 0.1) is 12.8 Å². The topological polar surface area (TPSA) is 105 Å². The molecule has 1 saturated heterocycles. The number of hydrogen-bond donors (Lipinski definition) is 2. The van der Waals surface area contributed by atoms with Crippen molar-refractivity contribution in [1.82, 2.24) is 9.88 Å². The summed E-state index contributed by atoms with van der Waals surface area (Å²) in [6.07, 6.45) is 4.62. The van der Waals surface area contributed by atoms with Gasteiger partial charge in [-0.15, -0.1) is 11.8 Å². The Kier molecular flexibility index (Phi) is 7.64. The fourth-order valence-electron chi connectivity index (χ4n) is 3.11. The van der Waals surface area contributed by atoms with Gasteiger partial charge in [-0.3, -0.25) is 14.4 Å². The Morgan fingerprint density at radius 3 is 2.63 bits per heavy atom. The lowest BCUT2D eigenvalue weighted by atomic mass is 9.96. The van der Waals surface area contributed by atoms with Crippen LogP contribution in [0.25, 0.3) is 6.08 Å². The summed E-state index contributed by atoms with van der Waals surface area (Å²) in [7, 11) is 0. The number of primary amides is 1. The normalized spacial score (nSPS) is 14.8. The maximum Gasteiger partial charge on any atom is 0.246 e. The summed E-state index contributed by atoms with van der Waals surface area (Å²) < 4.78 is 0.870. The Balaban J connectivity index is 1.48. The van der Waals surface area contributed by atoms with Gasteiger partial charge < -0.3 is 16.0 Å². The highest BCUT2D eigenvalue weighted by Gasteiger charge is 2.27. The van der Waals surface area contributed by atoms with E-state index < -0.39 is 5.91 Å². The summed E-state index contributed by atoms with van der Waals surface area (Å²) in [5.74, 6) is -0.482. The molecule has 3 rings (SSSR count). The molecule has 0 aliphatic carbocycles. The summed E-state index contributed by atoms with van der Waals surface area (Å²) in [4.78, 5) is 42.1. The number of thiazole rings is 1. The predicted molar refractivity (Wildman–Crippen MR) is 120 cm³/mol. The third kappa shape index (κ3) is 6.17. The molecule has 1 aliphatic heterocycles. The monoisotopic (exact) mass is 444 g/mol. The average molecular weight is 445 g/mol. The van der Waals surface area contributed by atoms with Crippen molar-refractivity contribution in [3.8, 4) is 0 Å². The van der Waals surface area contributed by atoms with Gasteiger partial charge in [0.05, 0.1) is 15.7 Å². The standard InChI is InChI=1S/C21H24N4O3S2/c1-14-20(29-13-17(22)26)30-21(23-14)24-19(28)16-9-11-25(12-10-16)18(27)8-7-15-5-3-2-4-6-15/h2-8,16H,9-13H2,1H3,(H2,22,26)(H,23,24,28)/b8-7+. The van der Waals surface area contributed by atoms with Gasteiger partial charge >= 0.3 is 0 Å². The second-order valence-electron chi connectivity index (χ2n) is 6.98. The molecule has 158 valence electrons. The zero-order valence-electron chi connectivity index (χ0n) is 16.7. The van der Waals surface area contributed by atoms with Crippen LogP contribution in [0.1, 0.15) is 24.1 Å². The highest BCUT2D eigenvalue weighted by atomic mass is 32.2. The average Bonchev–Trinajstić information content (AvgIpc) is 3.10. The molecule has 3 amide bonds. The molecule has 2 heterocycles. The first-order valence-electron chi connectivity index (χ1n) is 9.64. The highest BCUT2D eigenvalue weighted by Crippen LogP contribution is 2.32. The van der Waals surface area contributed by atoms with Crippen LogP contribution in [0.4, 0.5) is 5.13 Å². The van der Waals surface area contributed by atoms with Gasteiger partial charge in [-0.2, -0.15) is 0 Å². The molecular weight excluding hydrogens is 420 g/mol. The van der Waals surface area contributed by atoms with Crippen molar-refractivity contribution in [2.45, 2.75) is 24.0 Å². The molecule has 30 heavy (non-hydrogen) atoms. The molecule has 0 unspecified atom stereocenters. The van der Waals surface area contributed by atoms with Crippen molar-refractivity contribution in [1.29, 1.82) is 0 Å². The summed E-state index contributed by atoms with van der Waals surface area (Å²) in [5.41, 5.74) is 6.93. The van der Waals surface area contributed by atoms with Crippen LogP contribution in [0.3, 0.4) is 0 Å². The molecule has 1 fully saturated rings. The summed E-state index contributed by atoms with van der Waals surface area (Å²) in [5, 5.41) is 3.39. The van der Waals surface area contributed by atoms with E-state index in [1.165, 1.54) is 23.1 Å². The van der Waals surface area contributed by atoms with Crippen LogP contribution < -0.4 is 11.1 Å². The van der Waals surface area contributed by atoms with Crippen LogP contribution in [0.15, 0.2) is 40.6 Å². The molecule has 1 aromatic heterocycles. The lowest BCUT2D eigenvalue weighted by Crippen LogP contribution is -2.40. The molecule has 1 aliphatic rings. The molecule has 3 N–H and O–H groups in total. The summed E-state index contributed by atoms with van der Waals surface area (Å²) in [6.45, 7) is 2.93. The van der Waals surface area contributed by atoms with Crippen LogP contribution in [0.2, 0.25) is 0 Å². The van der Waals surface area contributed by atoms with E-state index in [1.807, 2.05) is 37.3 Å². The number of nitrogens with one attached hydrogen (secondary N) is 1. The number of benzene rings is 1. The van der Waals surface area contributed by atoms with Crippen LogP contribution in [-0.2, 0) is 14.4 Å². The number of anilines is 1. The number of likely N-dealkylation sites (tertiary alicyclic amines) is 1. The third-order valence-corrected chi connectivity index (χ3v) is 7.18. The Labute approximate surface area is 183 Å². The van der Waals surface area contributed by atoms with Crippen molar-refractivity contribution in [3.05, 3.63) is 47.7 Å². The second kappa shape index (κ2) is 10.4. The number of carbonyl (C=O) groups is 3. The number of hydrogen-bond acceptors (Lipinski definition) is 6. The van der Waals surface area contributed by atoms with Crippen molar-refractivity contribution in [2.75, 3.05) is 24.2 Å². The van der Waals surface area contributed by atoms with Crippen LogP contribution >= 0.6 is 23.1 Å². The van der Waals surface area contributed by atoms with E-state index in [0.717, 1.165) is 15.5 Å². The number of aryl methyl sites for hydroxylation is 1. The van der Waals surface area contributed by atoms with Gasteiger partial charge in [0.1, 0.15) is 0 Å². The number of carbonyl (C=O) groups excluding carboxylic acids is 3. The Hall–Kier alpha value is -2.65. The Morgan fingerprint density at radius 2 is 1.97 bits per heavy atom. The molecular formula is C21H24N4O3S2. The zero-order valence-corrected chi connectivity index (χ0v) is 18.3. The highest BCUT2D eigenvalue weighted by molar-refractivity contribution is 8.01. The number of nitrogens with two attached hydrogens (primary N) is 1. The van der Waals surface area contributed by atoms with Gasteiger partial charge in [0.2, 0.25) is 17.7 Å². The van der Waals surface area contributed by atoms with Gasteiger partial charge in [-0.05, 0) is 31.4 Å². The largest absolute Gasteiger partial charge is 0.369 e. The number of thioether (sulfide) groups is 1. The minimum absolute atomic E-state index is 0.0376. The van der Waals surface area contributed by atoms with Crippen molar-refractivity contribution < 1.29 is 14.4 Å². The smallest absolute Gasteiger partial charge is 0.246 e. The number of amides is 3. The number of rotatable bonds is 7. The molecule has 1 aromatic carbocycles. The zero-order chi connectivity index (χ0) is 21.5. The van der Waals surface area contributed by atoms with Gasteiger partial charge in [0.25, 0.3) is 0 Å². The van der Waals surface area contributed by atoms with Crippen molar-refractivity contribution >= 4 is 52.0 Å². The van der Waals surface area contributed by atoms with E-state index in [4.69, 9.17) is 5.73 Å².